The van der Waals surface area contributed by atoms with Crippen molar-refractivity contribution < 1.29 is 4.79 Å². The van der Waals surface area contributed by atoms with E-state index < -0.39 is 10.8 Å². The monoisotopic (exact) mass is 190 g/mol. The van der Waals surface area contributed by atoms with Gasteiger partial charge in [0.2, 0.25) is 5.91 Å². The van der Waals surface area contributed by atoms with E-state index in [1.807, 2.05) is 20.8 Å². The average Bonchev–Trinajstić information content (AvgIpc) is 1.97. The molecule has 0 aromatic heterocycles. The average molecular weight is 190 g/mol. The summed E-state index contributed by atoms with van der Waals surface area (Å²) in [7, 11) is 0. The summed E-state index contributed by atoms with van der Waals surface area (Å²) in [5.74, 6) is -0.128. The Kier molecular flexibility index (Phi) is 4.63. The topological polar surface area (TPSA) is 55.1 Å². The van der Waals surface area contributed by atoms with Crippen LogP contribution < -0.4 is 11.1 Å². The molecular weight excluding hydrogens is 172 g/mol. The van der Waals surface area contributed by atoms with Crippen LogP contribution in [0.15, 0.2) is 0 Å². The molecule has 0 heterocycles. The van der Waals surface area contributed by atoms with Crippen LogP contribution in [0.4, 0.5) is 0 Å². The fourth-order valence-electron chi connectivity index (χ4n) is 0.679. The van der Waals surface area contributed by atoms with Crippen molar-refractivity contribution in [2.75, 3.05) is 6.54 Å². The van der Waals surface area contributed by atoms with Crippen molar-refractivity contribution in [2.45, 2.75) is 38.0 Å². The van der Waals surface area contributed by atoms with Crippen LogP contribution in [0, 0.1) is 0 Å². The Morgan fingerprint density at radius 2 is 2.17 bits per heavy atom. The Balaban J connectivity index is 3.94. The van der Waals surface area contributed by atoms with E-state index in [0.29, 0.717) is 6.54 Å². The van der Waals surface area contributed by atoms with Crippen molar-refractivity contribution in [2.24, 2.45) is 5.73 Å². The molecule has 0 rings (SSSR count). The third-order valence-corrected chi connectivity index (χ3v) is 1.87. The molecule has 0 saturated carbocycles. The zero-order valence-electron chi connectivity index (χ0n) is 7.92. The molecule has 3 nitrogen and oxygen atoms in total. The van der Waals surface area contributed by atoms with Gasteiger partial charge < -0.3 is 11.1 Å². The highest BCUT2D eigenvalue weighted by molar-refractivity contribution is 7.81. The predicted molar refractivity (Wildman–Crippen MR) is 54.3 cm³/mol. The van der Waals surface area contributed by atoms with Gasteiger partial charge in [0, 0.05) is 11.3 Å². The van der Waals surface area contributed by atoms with Crippen molar-refractivity contribution >= 4 is 18.5 Å². The maximum atomic E-state index is 11.3. The summed E-state index contributed by atoms with van der Waals surface area (Å²) < 4.78 is -0.460. The molecule has 0 aliphatic heterocycles. The summed E-state index contributed by atoms with van der Waals surface area (Å²) >= 11 is 4.23. The van der Waals surface area contributed by atoms with Crippen molar-refractivity contribution in [3.8, 4) is 0 Å². The van der Waals surface area contributed by atoms with Crippen LogP contribution in [0.3, 0.4) is 0 Å². The largest absolute Gasteiger partial charge is 0.355 e. The Morgan fingerprint density at radius 3 is 2.50 bits per heavy atom. The van der Waals surface area contributed by atoms with Crippen LogP contribution in [-0.4, -0.2) is 23.2 Å². The van der Waals surface area contributed by atoms with Gasteiger partial charge in [-0.2, -0.15) is 12.6 Å². The number of thiol groups is 1. The molecule has 3 N–H and O–H groups in total. The van der Waals surface area contributed by atoms with Crippen molar-refractivity contribution in [1.82, 2.24) is 5.32 Å². The second-order valence-corrected chi connectivity index (χ2v) is 4.57. The van der Waals surface area contributed by atoms with E-state index in [4.69, 9.17) is 5.73 Å². The highest BCUT2D eigenvalue weighted by Crippen LogP contribution is 2.15. The van der Waals surface area contributed by atoms with Crippen LogP contribution in [-0.2, 0) is 4.79 Å². The summed E-state index contributed by atoms with van der Waals surface area (Å²) in [5, 5.41) is 2.73. The van der Waals surface area contributed by atoms with E-state index in [1.54, 1.807) is 0 Å². The number of carbonyl (C=O) groups is 1. The van der Waals surface area contributed by atoms with Gasteiger partial charge in [0.25, 0.3) is 0 Å². The number of nitrogens with one attached hydrogen (secondary N) is 1. The first kappa shape index (κ1) is 11.8. The zero-order valence-corrected chi connectivity index (χ0v) is 8.82. The summed E-state index contributed by atoms with van der Waals surface area (Å²) in [6, 6.07) is -0.549. The van der Waals surface area contributed by atoms with Gasteiger partial charge >= 0.3 is 0 Å². The van der Waals surface area contributed by atoms with Crippen LogP contribution in [0.2, 0.25) is 0 Å². The fraction of sp³-hybridized carbons (Fsp3) is 0.875. The van der Waals surface area contributed by atoms with Gasteiger partial charge in [-0.25, -0.2) is 0 Å². The number of nitrogens with two attached hydrogens (primary N) is 1. The van der Waals surface area contributed by atoms with Gasteiger partial charge in [-0.1, -0.05) is 6.92 Å². The SMILES string of the molecule is CCCNC(=O)C(N)C(C)(C)S. The first-order valence-corrected chi connectivity index (χ1v) is 4.60. The Labute approximate surface area is 79.5 Å². The smallest absolute Gasteiger partial charge is 0.238 e. The molecule has 1 amide bonds. The molecule has 4 heteroatoms. The van der Waals surface area contributed by atoms with E-state index in [0.717, 1.165) is 6.42 Å². The van der Waals surface area contributed by atoms with Crippen molar-refractivity contribution in [3.05, 3.63) is 0 Å². The summed E-state index contributed by atoms with van der Waals surface area (Å²) in [6.45, 7) is 6.33. The molecule has 0 aromatic rings. The lowest BCUT2D eigenvalue weighted by molar-refractivity contribution is -0.122. The third kappa shape index (κ3) is 3.97. The standard InChI is InChI=1S/C8H18N2OS/c1-4-5-10-7(11)6(9)8(2,3)12/h6,12H,4-5,9H2,1-3H3,(H,10,11). The molecular formula is C8H18N2OS. The van der Waals surface area contributed by atoms with Crippen LogP contribution in [0.1, 0.15) is 27.2 Å². The number of hydrogen-bond donors (Lipinski definition) is 3. The summed E-state index contributed by atoms with van der Waals surface area (Å²) in [4.78, 5) is 11.3. The van der Waals surface area contributed by atoms with E-state index >= 15 is 0 Å². The quantitative estimate of drug-likeness (QED) is 0.567. The number of carbonyl (C=O) groups excluding carboxylic acids is 1. The zero-order chi connectivity index (χ0) is 9.78. The normalized spacial score (nSPS) is 14.1. The van der Waals surface area contributed by atoms with Crippen molar-refractivity contribution in [3.63, 3.8) is 0 Å². The minimum atomic E-state index is -0.549. The number of amides is 1. The number of rotatable bonds is 4. The molecule has 0 radical (unpaired) electrons. The minimum absolute atomic E-state index is 0.128. The minimum Gasteiger partial charge on any atom is -0.355 e. The molecule has 0 aromatic carbocycles. The van der Waals surface area contributed by atoms with E-state index in [9.17, 15) is 4.79 Å². The lowest BCUT2D eigenvalue weighted by atomic mass is 10.0. The molecule has 0 saturated heterocycles. The molecule has 0 bridgehead atoms. The first-order valence-electron chi connectivity index (χ1n) is 4.15. The molecule has 12 heavy (non-hydrogen) atoms. The fourth-order valence-corrected chi connectivity index (χ4v) is 0.796. The molecule has 0 aliphatic rings. The lowest BCUT2D eigenvalue weighted by Gasteiger charge is -2.24. The molecule has 1 unspecified atom stereocenters. The third-order valence-electron chi connectivity index (χ3n) is 1.59. The van der Waals surface area contributed by atoms with Gasteiger partial charge in [0.1, 0.15) is 0 Å². The van der Waals surface area contributed by atoms with Crippen LogP contribution in [0.25, 0.3) is 0 Å². The Morgan fingerprint density at radius 1 is 1.67 bits per heavy atom. The maximum Gasteiger partial charge on any atom is 0.238 e. The lowest BCUT2D eigenvalue weighted by Crippen LogP contribution is -2.51. The highest BCUT2D eigenvalue weighted by atomic mass is 32.1. The van der Waals surface area contributed by atoms with E-state index in [1.165, 1.54) is 0 Å². The van der Waals surface area contributed by atoms with E-state index in [2.05, 4.69) is 17.9 Å². The Hall–Kier alpha value is -0.220. The molecule has 0 aliphatic carbocycles. The van der Waals surface area contributed by atoms with Crippen LogP contribution >= 0.6 is 12.6 Å². The number of hydrogen-bond acceptors (Lipinski definition) is 3. The molecule has 0 spiro atoms. The van der Waals surface area contributed by atoms with Crippen molar-refractivity contribution in [1.29, 1.82) is 0 Å². The summed E-state index contributed by atoms with van der Waals surface area (Å²) in [5.41, 5.74) is 5.65. The maximum absolute atomic E-state index is 11.3. The molecule has 0 fully saturated rings. The van der Waals surface area contributed by atoms with Crippen LogP contribution in [0.5, 0.6) is 0 Å². The van der Waals surface area contributed by atoms with Gasteiger partial charge in [0.15, 0.2) is 0 Å². The molecule has 72 valence electrons. The van der Waals surface area contributed by atoms with Gasteiger partial charge in [-0.3, -0.25) is 4.79 Å². The van der Waals surface area contributed by atoms with Gasteiger partial charge in [-0.15, -0.1) is 0 Å². The molecule has 1 atom stereocenters. The second kappa shape index (κ2) is 4.72. The Bertz CT molecular complexity index is 154. The van der Waals surface area contributed by atoms with Gasteiger partial charge in [0.05, 0.1) is 6.04 Å². The summed E-state index contributed by atoms with van der Waals surface area (Å²) in [6.07, 6.45) is 0.922. The first-order chi connectivity index (χ1) is 5.39. The predicted octanol–water partition coefficient (Wildman–Crippen LogP) is 0.548. The van der Waals surface area contributed by atoms with E-state index in [-0.39, 0.29) is 5.91 Å². The highest BCUT2D eigenvalue weighted by Gasteiger charge is 2.27. The second-order valence-electron chi connectivity index (χ2n) is 3.42. The van der Waals surface area contributed by atoms with Gasteiger partial charge in [-0.05, 0) is 20.3 Å².